The van der Waals surface area contributed by atoms with Gasteiger partial charge in [-0.25, -0.2) is 0 Å². The molecule has 0 aromatic carbocycles. The predicted octanol–water partition coefficient (Wildman–Crippen LogP) is 6.11. The third-order valence-electron chi connectivity index (χ3n) is 7.59. The second-order valence-corrected chi connectivity index (χ2v) is 9.12. The number of ether oxygens (including phenoxy) is 1. The molecule has 2 heterocycles. The van der Waals surface area contributed by atoms with Crippen LogP contribution in [0, 0.1) is 23.7 Å². The lowest BCUT2D eigenvalue weighted by molar-refractivity contribution is 0.105. The van der Waals surface area contributed by atoms with Crippen LogP contribution in [0.25, 0.3) is 0 Å². The molecule has 5 saturated carbocycles. The molecule has 1 nitrogen and oxygen atoms in total. The topological polar surface area (TPSA) is 9.23 Å². The SMILES string of the molecule is C1CC2CCC1C2.C1CC2CCC1CC2.C1CC2CCC1O2. The molecule has 7 rings (SSSR count). The van der Waals surface area contributed by atoms with Crippen LogP contribution in [-0.4, -0.2) is 12.2 Å². The summed E-state index contributed by atoms with van der Waals surface area (Å²) < 4.78 is 5.47. The number of fused-ring (bicyclic) bond motifs is 7. The van der Waals surface area contributed by atoms with Gasteiger partial charge >= 0.3 is 0 Å². The highest BCUT2D eigenvalue weighted by Crippen LogP contribution is 2.44. The lowest BCUT2D eigenvalue weighted by Crippen LogP contribution is -2.21. The first kappa shape index (κ1) is 15.5. The summed E-state index contributed by atoms with van der Waals surface area (Å²) in [6.07, 6.45) is 23.9. The van der Waals surface area contributed by atoms with Gasteiger partial charge in [0.15, 0.2) is 0 Å². The minimum Gasteiger partial charge on any atom is -0.375 e. The molecule has 2 saturated heterocycles. The van der Waals surface area contributed by atoms with E-state index in [4.69, 9.17) is 4.74 Å². The first-order valence-electron chi connectivity index (χ1n) is 10.5. The molecule has 0 amide bonds. The van der Waals surface area contributed by atoms with E-state index in [9.17, 15) is 0 Å². The fraction of sp³-hybridized carbons (Fsp3) is 1.00. The molecule has 0 spiro atoms. The van der Waals surface area contributed by atoms with Gasteiger partial charge in [-0.1, -0.05) is 64.2 Å². The average molecular weight is 305 g/mol. The summed E-state index contributed by atoms with van der Waals surface area (Å²) in [5.74, 6) is 4.65. The van der Waals surface area contributed by atoms with Crippen LogP contribution >= 0.6 is 0 Å². The summed E-state index contributed by atoms with van der Waals surface area (Å²) >= 11 is 0. The van der Waals surface area contributed by atoms with E-state index in [1.807, 2.05) is 0 Å². The van der Waals surface area contributed by atoms with Crippen LogP contribution in [0.15, 0.2) is 0 Å². The third-order valence-corrected chi connectivity index (χ3v) is 7.59. The molecule has 22 heavy (non-hydrogen) atoms. The summed E-state index contributed by atoms with van der Waals surface area (Å²) in [5, 5.41) is 0. The summed E-state index contributed by atoms with van der Waals surface area (Å²) in [6, 6.07) is 0. The highest BCUT2D eigenvalue weighted by Gasteiger charge is 2.32. The van der Waals surface area contributed by atoms with Crippen molar-refractivity contribution in [1.82, 2.24) is 0 Å². The monoisotopic (exact) mass is 304 g/mol. The summed E-state index contributed by atoms with van der Waals surface area (Å²) in [7, 11) is 0. The van der Waals surface area contributed by atoms with Crippen LogP contribution in [-0.2, 0) is 4.74 Å². The Hall–Kier alpha value is -0.0400. The molecule has 126 valence electrons. The van der Waals surface area contributed by atoms with Crippen LogP contribution in [0.3, 0.4) is 0 Å². The van der Waals surface area contributed by atoms with Crippen LogP contribution in [0.4, 0.5) is 0 Å². The van der Waals surface area contributed by atoms with Crippen LogP contribution in [0.5, 0.6) is 0 Å². The van der Waals surface area contributed by atoms with Gasteiger partial charge in [0.25, 0.3) is 0 Å². The van der Waals surface area contributed by atoms with Gasteiger partial charge in [0, 0.05) is 0 Å². The number of rotatable bonds is 0. The minimum atomic E-state index is 0.671. The van der Waals surface area contributed by atoms with Gasteiger partial charge in [-0.15, -0.1) is 0 Å². The van der Waals surface area contributed by atoms with Crippen molar-refractivity contribution in [3.8, 4) is 0 Å². The molecule has 6 bridgehead atoms. The normalized spacial score (nSPS) is 46.9. The van der Waals surface area contributed by atoms with Gasteiger partial charge < -0.3 is 4.74 Å². The average Bonchev–Trinajstić information content (AvgIpc) is 3.40. The highest BCUT2D eigenvalue weighted by atomic mass is 16.5. The smallest absolute Gasteiger partial charge is 0.0580 e. The Labute approximate surface area is 137 Å². The van der Waals surface area contributed by atoms with Gasteiger partial charge in [0.2, 0.25) is 0 Å². The fourth-order valence-electron chi connectivity index (χ4n) is 6.03. The zero-order chi connectivity index (χ0) is 14.8. The van der Waals surface area contributed by atoms with Crippen molar-refractivity contribution in [3.05, 3.63) is 0 Å². The molecule has 0 aromatic rings. The number of hydrogen-bond donors (Lipinski definition) is 0. The second kappa shape index (κ2) is 7.24. The maximum Gasteiger partial charge on any atom is 0.0580 e. The Morgan fingerprint density at radius 3 is 0.818 bits per heavy atom. The van der Waals surface area contributed by atoms with E-state index in [1.165, 1.54) is 37.5 Å². The Morgan fingerprint density at radius 2 is 0.682 bits per heavy atom. The van der Waals surface area contributed by atoms with E-state index in [0.29, 0.717) is 12.2 Å². The first-order chi connectivity index (χ1) is 10.8. The van der Waals surface area contributed by atoms with Crippen LogP contribution in [0.2, 0.25) is 0 Å². The first-order valence-corrected chi connectivity index (χ1v) is 10.5. The summed E-state index contributed by atoms with van der Waals surface area (Å²) in [4.78, 5) is 0. The van der Waals surface area contributed by atoms with Gasteiger partial charge in [0.1, 0.15) is 0 Å². The quantitative estimate of drug-likeness (QED) is 0.524. The van der Waals surface area contributed by atoms with E-state index < -0.39 is 0 Å². The van der Waals surface area contributed by atoms with E-state index in [2.05, 4.69) is 0 Å². The van der Waals surface area contributed by atoms with Crippen LogP contribution in [0.1, 0.15) is 96.3 Å². The predicted molar refractivity (Wildman–Crippen MR) is 91.9 cm³/mol. The maximum absolute atomic E-state index is 5.47. The molecular weight excluding hydrogens is 268 g/mol. The van der Waals surface area contributed by atoms with Crippen LogP contribution < -0.4 is 0 Å². The van der Waals surface area contributed by atoms with Crippen molar-refractivity contribution < 1.29 is 4.74 Å². The zero-order valence-electron chi connectivity index (χ0n) is 14.5. The summed E-state index contributed by atoms with van der Waals surface area (Å²) in [5.41, 5.74) is 0. The van der Waals surface area contributed by atoms with Crippen molar-refractivity contribution in [2.75, 3.05) is 0 Å². The molecule has 5 aliphatic carbocycles. The maximum atomic E-state index is 5.47. The molecule has 7 fully saturated rings. The Kier molecular flexibility index (Phi) is 5.10. The molecule has 7 aliphatic rings. The van der Waals surface area contributed by atoms with Crippen molar-refractivity contribution in [2.45, 2.75) is 109 Å². The lowest BCUT2D eigenvalue weighted by atomic mass is 9.71. The van der Waals surface area contributed by atoms with Crippen molar-refractivity contribution in [3.63, 3.8) is 0 Å². The van der Waals surface area contributed by atoms with Crippen molar-refractivity contribution in [2.24, 2.45) is 23.7 Å². The van der Waals surface area contributed by atoms with E-state index in [-0.39, 0.29) is 0 Å². The molecule has 2 aliphatic heterocycles. The largest absolute Gasteiger partial charge is 0.375 e. The Bertz CT molecular complexity index is 263. The van der Waals surface area contributed by atoms with E-state index >= 15 is 0 Å². The summed E-state index contributed by atoms with van der Waals surface area (Å²) in [6.45, 7) is 0. The third kappa shape index (κ3) is 3.89. The lowest BCUT2D eigenvalue weighted by Gasteiger charge is -2.35. The van der Waals surface area contributed by atoms with Gasteiger partial charge in [-0.3, -0.25) is 0 Å². The molecule has 1 heteroatoms. The highest BCUT2D eigenvalue weighted by molar-refractivity contribution is 4.83. The van der Waals surface area contributed by atoms with Crippen molar-refractivity contribution in [1.29, 1.82) is 0 Å². The van der Waals surface area contributed by atoms with E-state index in [1.54, 1.807) is 70.6 Å². The molecule has 0 unspecified atom stereocenters. The van der Waals surface area contributed by atoms with Gasteiger partial charge in [-0.05, 0) is 55.8 Å². The molecule has 0 radical (unpaired) electrons. The van der Waals surface area contributed by atoms with Crippen molar-refractivity contribution >= 4 is 0 Å². The minimum absolute atomic E-state index is 0.671. The second-order valence-electron chi connectivity index (χ2n) is 9.12. The Balaban J connectivity index is 0.0000000855. The standard InChI is InChI=1S/C8H14.C7H12.C6H10O/c1-2-8-5-3-7(1)4-6-8;1-2-7-4-3-6(1)5-7;1-2-6-4-3-5(1)7-6/h7-8H,1-6H2;6-7H,1-5H2;5-6H,1-4H2. The zero-order valence-corrected chi connectivity index (χ0v) is 14.5. The molecule has 0 aromatic heterocycles. The molecule has 0 N–H and O–H groups in total. The number of hydrogen-bond acceptors (Lipinski definition) is 1. The molecular formula is C21H36O. The Morgan fingerprint density at radius 1 is 0.364 bits per heavy atom. The van der Waals surface area contributed by atoms with Gasteiger partial charge in [-0.2, -0.15) is 0 Å². The molecule has 0 atom stereocenters. The fourth-order valence-corrected chi connectivity index (χ4v) is 6.03. The van der Waals surface area contributed by atoms with Gasteiger partial charge in [0.05, 0.1) is 12.2 Å². The van der Waals surface area contributed by atoms with E-state index in [0.717, 1.165) is 11.8 Å².